The molecule has 0 aliphatic heterocycles. The maximum Gasteiger partial charge on any atom is 0.259 e. The maximum atomic E-state index is 13.6. The van der Waals surface area contributed by atoms with E-state index < -0.39 is 23.2 Å². The third kappa shape index (κ3) is 2.54. The molecule has 0 aromatic heterocycles. The second kappa shape index (κ2) is 5.16. The second-order valence-electron chi connectivity index (χ2n) is 4.30. The number of halogens is 2. The average Bonchev–Trinajstić information content (AvgIpc) is 2.41. The number of nitrogens with one attached hydrogen (secondary N) is 1. The van der Waals surface area contributed by atoms with Crippen molar-refractivity contribution < 1.29 is 18.7 Å². The maximum absolute atomic E-state index is 13.6. The van der Waals surface area contributed by atoms with E-state index in [4.69, 9.17) is 5.73 Å². The van der Waals surface area contributed by atoms with Gasteiger partial charge in [0, 0.05) is 0 Å². The minimum absolute atomic E-state index is 0.0481. The summed E-state index contributed by atoms with van der Waals surface area (Å²) in [6, 6.07) is 6.39. The van der Waals surface area contributed by atoms with E-state index in [1.54, 1.807) is 13.0 Å². The van der Waals surface area contributed by atoms with E-state index in [2.05, 4.69) is 5.32 Å². The zero-order chi connectivity index (χ0) is 14.9. The summed E-state index contributed by atoms with van der Waals surface area (Å²) in [5, 5.41) is 11.8. The molecule has 6 heteroatoms. The smallest absolute Gasteiger partial charge is 0.259 e. The quantitative estimate of drug-likeness (QED) is 0.739. The highest BCUT2D eigenvalue weighted by atomic mass is 19.2. The number of hydrogen-bond donors (Lipinski definition) is 3. The zero-order valence-electron chi connectivity index (χ0n) is 10.6. The van der Waals surface area contributed by atoms with Gasteiger partial charge in [-0.1, -0.05) is 11.6 Å². The number of nitrogens with two attached hydrogens (primary N) is 1. The van der Waals surface area contributed by atoms with Gasteiger partial charge in [0.1, 0.15) is 11.4 Å². The normalized spacial score (nSPS) is 10.3. The topological polar surface area (TPSA) is 75.3 Å². The Kier molecular flexibility index (Phi) is 3.56. The van der Waals surface area contributed by atoms with Crippen LogP contribution < -0.4 is 11.1 Å². The fourth-order valence-corrected chi connectivity index (χ4v) is 1.71. The molecule has 2 aromatic rings. The van der Waals surface area contributed by atoms with Gasteiger partial charge in [0.25, 0.3) is 5.91 Å². The molecule has 1 amide bonds. The lowest BCUT2D eigenvalue weighted by molar-refractivity contribution is 0.102. The SMILES string of the molecule is Cc1ccc(O)c(C(=O)Nc2c(N)ccc(F)c2F)c1. The molecular weight excluding hydrogens is 266 g/mol. The molecule has 20 heavy (non-hydrogen) atoms. The summed E-state index contributed by atoms with van der Waals surface area (Å²) in [7, 11) is 0. The van der Waals surface area contributed by atoms with E-state index in [-0.39, 0.29) is 17.0 Å². The highest BCUT2D eigenvalue weighted by Crippen LogP contribution is 2.26. The minimum atomic E-state index is -1.24. The number of carbonyl (C=O) groups excluding carboxylic acids is 1. The van der Waals surface area contributed by atoms with Gasteiger partial charge in [-0.05, 0) is 31.2 Å². The zero-order valence-corrected chi connectivity index (χ0v) is 10.6. The molecule has 0 atom stereocenters. The number of carbonyl (C=O) groups is 1. The number of anilines is 2. The summed E-state index contributed by atoms with van der Waals surface area (Å²) in [6.07, 6.45) is 0. The Bertz CT molecular complexity index is 687. The third-order valence-corrected chi connectivity index (χ3v) is 2.76. The largest absolute Gasteiger partial charge is 0.507 e. The van der Waals surface area contributed by atoms with Crippen LogP contribution in [0.5, 0.6) is 5.75 Å². The molecule has 104 valence electrons. The highest BCUT2D eigenvalue weighted by molar-refractivity contribution is 6.07. The van der Waals surface area contributed by atoms with E-state index in [0.717, 1.165) is 17.7 Å². The number of benzene rings is 2. The van der Waals surface area contributed by atoms with Gasteiger partial charge >= 0.3 is 0 Å². The fourth-order valence-electron chi connectivity index (χ4n) is 1.71. The lowest BCUT2D eigenvalue weighted by Gasteiger charge is -2.11. The van der Waals surface area contributed by atoms with Gasteiger partial charge in [-0.25, -0.2) is 8.78 Å². The van der Waals surface area contributed by atoms with Crippen molar-refractivity contribution in [2.45, 2.75) is 6.92 Å². The van der Waals surface area contributed by atoms with Crippen molar-refractivity contribution in [1.29, 1.82) is 0 Å². The number of rotatable bonds is 2. The number of nitrogen functional groups attached to an aromatic ring is 1. The molecule has 0 radical (unpaired) electrons. The lowest BCUT2D eigenvalue weighted by atomic mass is 10.1. The number of phenolic OH excluding ortho intramolecular Hbond substituents is 1. The molecule has 4 N–H and O–H groups in total. The molecule has 2 rings (SSSR count). The average molecular weight is 278 g/mol. The van der Waals surface area contributed by atoms with Crippen molar-refractivity contribution in [3.63, 3.8) is 0 Å². The van der Waals surface area contributed by atoms with Crippen LogP contribution >= 0.6 is 0 Å². The molecule has 0 unspecified atom stereocenters. The number of hydrogen-bond acceptors (Lipinski definition) is 3. The standard InChI is InChI=1S/C14H12F2N2O2/c1-7-2-5-11(19)8(6-7)14(20)18-13-10(17)4-3-9(15)12(13)16/h2-6,19H,17H2,1H3,(H,18,20). The van der Waals surface area contributed by atoms with Crippen molar-refractivity contribution in [3.8, 4) is 5.75 Å². The van der Waals surface area contributed by atoms with Gasteiger partial charge in [0.2, 0.25) is 0 Å². The van der Waals surface area contributed by atoms with Crippen molar-refractivity contribution in [1.82, 2.24) is 0 Å². The first kappa shape index (κ1) is 13.8. The van der Waals surface area contributed by atoms with Crippen molar-refractivity contribution in [2.75, 3.05) is 11.1 Å². The van der Waals surface area contributed by atoms with Crippen LogP contribution in [0.3, 0.4) is 0 Å². The number of phenols is 1. The Morgan fingerprint density at radius 3 is 2.65 bits per heavy atom. The molecule has 0 spiro atoms. The number of aromatic hydroxyl groups is 1. The van der Waals surface area contributed by atoms with Gasteiger partial charge in [-0.2, -0.15) is 0 Å². The molecular formula is C14H12F2N2O2. The number of amides is 1. The van der Waals surface area contributed by atoms with Gasteiger partial charge in [0.05, 0.1) is 11.3 Å². The monoisotopic (exact) mass is 278 g/mol. The summed E-state index contributed by atoms with van der Waals surface area (Å²) in [4.78, 5) is 12.0. The molecule has 0 saturated heterocycles. The molecule has 0 fully saturated rings. The van der Waals surface area contributed by atoms with Crippen LogP contribution in [0.25, 0.3) is 0 Å². The molecule has 0 heterocycles. The van der Waals surface area contributed by atoms with Crippen LogP contribution in [0.15, 0.2) is 30.3 Å². The van der Waals surface area contributed by atoms with E-state index in [1.165, 1.54) is 12.1 Å². The molecule has 0 saturated carbocycles. The Morgan fingerprint density at radius 2 is 1.95 bits per heavy atom. The summed E-state index contributed by atoms with van der Waals surface area (Å²) in [6.45, 7) is 1.73. The van der Waals surface area contributed by atoms with E-state index in [1.807, 2.05) is 0 Å². The molecule has 4 nitrogen and oxygen atoms in total. The first-order valence-corrected chi connectivity index (χ1v) is 5.74. The predicted octanol–water partition coefficient (Wildman–Crippen LogP) is 2.81. The third-order valence-electron chi connectivity index (χ3n) is 2.76. The van der Waals surface area contributed by atoms with Crippen LogP contribution in [0.1, 0.15) is 15.9 Å². The van der Waals surface area contributed by atoms with E-state index in [9.17, 15) is 18.7 Å². The molecule has 0 aliphatic carbocycles. The van der Waals surface area contributed by atoms with Gasteiger partial charge in [-0.3, -0.25) is 4.79 Å². The molecule has 2 aromatic carbocycles. The first-order valence-electron chi connectivity index (χ1n) is 5.74. The molecule has 0 aliphatic rings. The van der Waals surface area contributed by atoms with Crippen LogP contribution in [0, 0.1) is 18.6 Å². The van der Waals surface area contributed by atoms with Crippen LogP contribution in [-0.2, 0) is 0 Å². The van der Waals surface area contributed by atoms with E-state index >= 15 is 0 Å². The van der Waals surface area contributed by atoms with Crippen LogP contribution in [-0.4, -0.2) is 11.0 Å². The number of aryl methyl sites for hydroxylation is 1. The van der Waals surface area contributed by atoms with Gasteiger partial charge in [-0.15, -0.1) is 0 Å². The van der Waals surface area contributed by atoms with Crippen molar-refractivity contribution >= 4 is 17.3 Å². The van der Waals surface area contributed by atoms with E-state index in [0.29, 0.717) is 0 Å². The highest BCUT2D eigenvalue weighted by Gasteiger charge is 2.17. The van der Waals surface area contributed by atoms with Crippen molar-refractivity contribution in [2.24, 2.45) is 0 Å². The Morgan fingerprint density at radius 1 is 1.25 bits per heavy atom. The summed E-state index contributed by atoms with van der Waals surface area (Å²) >= 11 is 0. The Labute approximate surface area is 113 Å². The Balaban J connectivity index is 2.38. The van der Waals surface area contributed by atoms with Crippen LogP contribution in [0.2, 0.25) is 0 Å². The Hall–Kier alpha value is -2.63. The van der Waals surface area contributed by atoms with Gasteiger partial charge in [0.15, 0.2) is 11.6 Å². The molecule has 0 bridgehead atoms. The first-order chi connectivity index (χ1) is 9.40. The predicted molar refractivity (Wildman–Crippen MR) is 71.6 cm³/mol. The summed E-state index contributed by atoms with van der Waals surface area (Å²) in [5.41, 5.74) is 5.63. The summed E-state index contributed by atoms with van der Waals surface area (Å²) in [5.74, 6) is -3.40. The fraction of sp³-hybridized carbons (Fsp3) is 0.0714. The summed E-state index contributed by atoms with van der Waals surface area (Å²) < 4.78 is 26.7. The lowest BCUT2D eigenvalue weighted by Crippen LogP contribution is -2.15. The van der Waals surface area contributed by atoms with Crippen LogP contribution in [0.4, 0.5) is 20.2 Å². The second-order valence-corrected chi connectivity index (χ2v) is 4.30. The van der Waals surface area contributed by atoms with Gasteiger partial charge < -0.3 is 16.2 Å². The minimum Gasteiger partial charge on any atom is -0.507 e. The van der Waals surface area contributed by atoms with Crippen molar-refractivity contribution in [3.05, 3.63) is 53.1 Å².